The highest BCUT2D eigenvalue weighted by Gasteiger charge is 2.58. The molecule has 0 aliphatic rings. The number of phenolic OH excluding ortho intramolecular Hbond substituents is 1. The first-order chi connectivity index (χ1) is 14.2. The third-order valence-corrected chi connectivity index (χ3v) is 6.21. The smallest absolute Gasteiger partial charge is 0.464 e. The molecule has 0 saturated heterocycles. The van der Waals surface area contributed by atoms with Crippen molar-refractivity contribution < 1.29 is 45.8 Å². The number of hydrogen-bond acceptors (Lipinski definition) is 6. The van der Waals surface area contributed by atoms with Crippen LogP contribution in [0.3, 0.4) is 0 Å². The number of benzene rings is 1. The minimum absolute atomic E-state index is 0.0229. The molecule has 0 atom stereocenters. The Hall–Kier alpha value is -2.67. The van der Waals surface area contributed by atoms with Crippen LogP contribution in [0.1, 0.15) is 22.3 Å². The van der Waals surface area contributed by atoms with Crippen molar-refractivity contribution in [2.75, 3.05) is 0 Å². The number of nitrogens with zero attached hydrogens (tertiary/aromatic N) is 1. The summed E-state index contributed by atoms with van der Waals surface area (Å²) in [5.41, 5.74) is -0.0688. The Balaban J connectivity index is 2.08. The van der Waals surface area contributed by atoms with Crippen LogP contribution < -0.4 is 4.74 Å². The quantitative estimate of drug-likeness (QED) is 0.292. The fourth-order valence-electron chi connectivity index (χ4n) is 2.71. The summed E-state index contributed by atoms with van der Waals surface area (Å²) >= 11 is -0.363. The molecule has 0 bridgehead atoms. The van der Waals surface area contributed by atoms with E-state index < -0.39 is 50.8 Å². The monoisotopic (exact) mass is 483 g/mol. The minimum atomic E-state index is -5.78. The highest BCUT2D eigenvalue weighted by molar-refractivity contribution is 8.02. The summed E-state index contributed by atoms with van der Waals surface area (Å²) in [4.78, 5) is 24.2. The van der Waals surface area contributed by atoms with Gasteiger partial charge in [0.15, 0.2) is 17.3 Å². The molecule has 13 heteroatoms. The molecule has 0 aliphatic heterocycles. The number of carbonyl (C=O) groups is 2. The summed E-state index contributed by atoms with van der Waals surface area (Å²) in [5.74, 6) is -3.63. The number of alkyl halides is 5. The maximum absolute atomic E-state index is 13.9. The van der Waals surface area contributed by atoms with Crippen LogP contribution in [0.4, 0.5) is 26.3 Å². The lowest BCUT2D eigenvalue weighted by atomic mass is 10.2. The predicted molar refractivity (Wildman–Crippen MR) is 101 cm³/mol. The molecule has 0 aliphatic carbocycles. The number of aromatic nitrogens is 1. The van der Waals surface area contributed by atoms with Gasteiger partial charge in [0.25, 0.3) is 5.91 Å². The zero-order chi connectivity index (χ0) is 23.3. The fourth-order valence-corrected chi connectivity index (χ4v) is 4.64. The van der Waals surface area contributed by atoms with Gasteiger partial charge in [-0.2, -0.15) is 22.0 Å². The van der Waals surface area contributed by atoms with Crippen LogP contribution in [0, 0.1) is 12.7 Å². The van der Waals surface area contributed by atoms with E-state index in [1.165, 1.54) is 6.92 Å². The maximum atomic E-state index is 13.9. The second kappa shape index (κ2) is 7.79. The van der Waals surface area contributed by atoms with Gasteiger partial charge in [-0.15, -0.1) is 11.3 Å². The number of carbonyl (C=O) groups excluding carboxylic acids is 2. The summed E-state index contributed by atoms with van der Waals surface area (Å²) in [7, 11) is 0. The topological polar surface area (TPSA) is 68.5 Å². The molecule has 0 unspecified atom stereocenters. The van der Waals surface area contributed by atoms with Gasteiger partial charge in [0.1, 0.15) is 0 Å². The molecule has 31 heavy (non-hydrogen) atoms. The van der Waals surface area contributed by atoms with E-state index in [1.54, 1.807) is 0 Å². The lowest BCUT2D eigenvalue weighted by molar-refractivity contribution is -0.237. The average Bonchev–Trinajstić information content (AvgIpc) is 3.18. The molecule has 0 radical (unpaired) electrons. The van der Waals surface area contributed by atoms with E-state index in [1.807, 2.05) is 0 Å². The second-order valence-electron chi connectivity index (χ2n) is 6.20. The van der Waals surface area contributed by atoms with E-state index in [9.17, 15) is 41.0 Å². The molecule has 166 valence electrons. The van der Waals surface area contributed by atoms with Crippen LogP contribution in [0.2, 0.25) is 0 Å². The average molecular weight is 483 g/mol. The van der Waals surface area contributed by atoms with Crippen LogP contribution in [0.25, 0.3) is 10.9 Å². The van der Waals surface area contributed by atoms with Crippen LogP contribution >= 0.6 is 23.1 Å². The fraction of sp³-hybridized carbons (Fsp3) is 0.222. The number of rotatable bonds is 4. The Morgan fingerprint density at radius 3 is 2.39 bits per heavy atom. The van der Waals surface area contributed by atoms with E-state index in [2.05, 4.69) is 0 Å². The van der Waals surface area contributed by atoms with Crippen LogP contribution in [-0.4, -0.2) is 33.0 Å². The van der Waals surface area contributed by atoms with E-state index in [0.29, 0.717) is 11.3 Å². The summed E-state index contributed by atoms with van der Waals surface area (Å²) in [6, 6.07) is 3.74. The van der Waals surface area contributed by atoms with E-state index >= 15 is 0 Å². The van der Waals surface area contributed by atoms with Gasteiger partial charge in [-0.3, -0.25) is 14.2 Å². The number of aromatic hydroxyl groups is 1. The zero-order valence-corrected chi connectivity index (χ0v) is 17.1. The molecule has 2 aromatic heterocycles. The van der Waals surface area contributed by atoms with Crippen molar-refractivity contribution in [1.29, 1.82) is 0 Å². The standard InChI is InChI=1S/C18H11F6NO4S2/c1-7-15(29-8(2)26)9-5-12(27)10(19)6-11(9)25(7)16(28)13-3-4-14(30-13)31-18(23,24)17(20,21)22/h3-6,27H,1-2H3. The molecule has 1 N–H and O–H groups in total. The Bertz CT molecular complexity index is 1200. The number of hydrogen-bond donors (Lipinski definition) is 1. The Morgan fingerprint density at radius 1 is 1.16 bits per heavy atom. The van der Waals surface area contributed by atoms with Crippen molar-refractivity contribution in [3.63, 3.8) is 0 Å². The van der Waals surface area contributed by atoms with Crippen molar-refractivity contribution in [1.82, 2.24) is 4.57 Å². The van der Waals surface area contributed by atoms with Gasteiger partial charge in [-0.05, 0) is 36.9 Å². The van der Waals surface area contributed by atoms with Gasteiger partial charge in [0.05, 0.1) is 20.3 Å². The van der Waals surface area contributed by atoms with Crippen molar-refractivity contribution in [3.05, 3.63) is 40.7 Å². The third-order valence-electron chi connectivity index (χ3n) is 4.01. The summed E-state index contributed by atoms with van der Waals surface area (Å²) in [5, 5.41) is 4.60. The number of ether oxygens (including phenoxy) is 1. The maximum Gasteiger partial charge on any atom is 0.464 e. The Morgan fingerprint density at radius 2 is 1.81 bits per heavy atom. The lowest BCUT2D eigenvalue weighted by Crippen LogP contribution is -2.32. The first kappa shape index (κ1) is 23.0. The summed E-state index contributed by atoms with van der Waals surface area (Å²) in [6.07, 6.45) is -5.78. The van der Waals surface area contributed by atoms with Gasteiger partial charge < -0.3 is 9.84 Å². The van der Waals surface area contributed by atoms with Gasteiger partial charge in [0, 0.05) is 18.4 Å². The van der Waals surface area contributed by atoms with Crippen molar-refractivity contribution in [2.45, 2.75) is 29.5 Å². The Kier molecular flexibility index (Phi) is 5.78. The molecule has 1 aromatic carbocycles. The zero-order valence-electron chi connectivity index (χ0n) is 15.5. The van der Waals surface area contributed by atoms with E-state index in [4.69, 9.17) is 4.74 Å². The summed E-state index contributed by atoms with van der Waals surface area (Å²) < 4.78 is 83.2. The molecular weight excluding hydrogens is 472 g/mol. The van der Waals surface area contributed by atoms with Crippen LogP contribution in [0.15, 0.2) is 28.5 Å². The molecule has 2 heterocycles. The van der Waals surface area contributed by atoms with Crippen LogP contribution in [0.5, 0.6) is 11.5 Å². The number of phenols is 1. The molecule has 3 rings (SSSR count). The lowest BCUT2D eigenvalue weighted by Gasteiger charge is -2.17. The molecule has 0 spiro atoms. The molecule has 5 nitrogen and oxygen atoms in total. The van der Waals surface area contributed by atoms with E-state index in [-0.39, 0.29) is 27.2 Å². The van der Waals surface area contributed by atoms with Crippen molar-refractivity contribution in [2.24, 2.45) is 0 Å². The van der Waals surface area contributed by atoms with Gasteiger partial charge in [0.2, 0.25) is 0 Å². The largest absolute Gasteiger partial charge is 0.505 e. The first-order valence-corrected chi connectivity index (χ1v) is 9.86. The highest BCUT2D eigenvalue weighted by atomic mass is 32.2. The third kappa shape index (κ3) is 4.24. The van der Waals surface area contributed by atoms with Gasteiger partial charge >= 0.3 is 17.4 Å². The Labute approximate surface area is 178 Å². The number of thioether (sulfide) groups is 1. The summed E-state index contributed by atoms with van der Waals surface area (Å²) in [6.45, 7) is 2.43. The molecule has 0 fully saturated rings. The van der Waals surface area contributed by atoms with Gasteiger partial charge in [-0.25, -0.2) is 4.39 Å². The van der Waals surface area contributed by atoms with Gasteiger partial charge in [-0.1, -0.05) is 0 Å². The molecular formula is C18H11F6NO4S2. The number of fused-ring (bicyclic) bond motifs is 1. The van der Waals surface area contributed by atoms with Crippen LogP contribution in [-0.2, 0) is 4.79 Å². The van der Waals surface area contributed by atoms with Crippen molar-refractivity contribution in [3.8, 4) is 11.5 Å². The first-order valence-electron chi connectivity index (χ1n) is 8.23. The van der Waals surface area contributed by atoms with E-state index in [0.717, 1.165) is 35.8 Å². The molecule has 0 saturated carbocycles. The minimum Gasteiger partial charge on any atom is -0.505 e. The SMILES string of the molecule is CC(=O)Oc1c(C)n(C(=O)c2ccc(SC(F)(F)C(F)(F)F)s2)c2cc(F)c(O)cc12. The number of esters is 1. The normalized spacial score (nSPS) is 12.4. The highest BCUT2D eigenvalue weighted by Crippen LogP contribution is 2.49. The predicted octanol–water partition coefficient (Wildman–Crippen LogP) is 5.72. The number of thiophene rings is 1. The second-order valence-corrected chi connectivity index (χ2v) is 8.70. The molecule has 3 aromatic rings. The number of halogens is 6. The van der Waals surface area contributed by atoms with Crippen molar-refractivity contribution >= 4 is 45.9 Å². The molecule has 0 amide bonds.